The minimum absolute atomic E-state index is 0.0153. The maximum atomic E-state index is 14.0. The number of carbonyl (C=O) groups excluding carboxylic acids is 5. The molecule has 3 atom stereocenters. The SMILES string of the molecule is CCOC(=O)c1ccc(C2OC3(C(=O)c4ccccc4C3=O)C3C(=O)N(c4cccc(Cl)c4Cl)C(=O)C23)cc1. The van der Waals surface area contributed by atoms with E-state index in [2.05, 4.69) is 0 Å². The average molecular weight is 564 g/mol. The van der Waals surface area contributed by atoms with Gasteiger partial charge in [0, 0.05) is 11.1 Å². The van der Waals surface area contributed by atoms with E-state index >= 15 is 0 Å². The van der Waals surface area contributed by atoms with Crippen LogP contribution in [0.5, 0.6) is 0 Å². The molecule has 2 fully saturated rings. The van der Waals surface area contributed by atoms with Gasteiger partial charge < -0.3 is 9.47 Å². The van der Waals surface area contributed by atoms with Crippen molar-refractivity contribution in [2.24, 2.45) is 11.8 Å². The van der Waals surface area contributed by atoms with Gasteiger partial charge in [0.05, 0.1) is 45.8 Å². The highest BCUT2D eigenvalue weighted by Crippen LogP contribution is 2.58. The summed E-state index contributed by atoms with van der Waals surface area (Å²) in [5.74, 6) is -6.01. The van der Waals surface area contributed by atoms with Crippen molar-refractivity contribution in [1.82, 2.24) is 0 Å². The maximum Gasteiger partial charge on any atom is 0.338 e. The number of ether oxygens (including phenoxy) is 2. The highest BCUT2D eigenvalue weighted by molar-refractivity contribution is 6.45. The van der Waals surface area contributed by atoms with Crippen molar-refractivity contribution < 1.29 is 33.4 Å². The Balaban J connectivity index is 1.50. The van der Waals surface area contributed by atoms with Crippen LogP contribution in [0.25, 0.3) is 0 Å². The molecule has 196 valence electrons. The molecular weight excluding hydrogens is 545 g/mol. The number of anilines is 1. The van der Waals surface area contributed by atoms with Crippen LogP contribution in [0.2, 0.25) is 10.0 Å². The summed E-state index contributed by atoms with van der Waals surface area (Å²) >= 11 is 12.6. The first kappa shape index (κ1) is 25.4. The lowest BCUT2D eigenvalue weighted by Crippen LogP contribution is -2.51. The molecule has 2 aliphatic heterocycles. The first-order chi connectivity index (χ1) is 18.7. The smallest absolute Gasteiger partial charge is 0.338 e. The molecule has 3 aromatic rings. The van der Waals surface area contributed by atoms with Crippen LogP contribution >= 0.6 is 23.2 Å². The van der Waals surface area contributed by atoms with Crippen molar-refractivity contribution in [3.8, 4) is 0 Å². The van der Waals surface area contributed by atoms with Crippen LogP contribution < -0.4 is 4.90 Å². The van der Waals surface area contributed by atoms with E-state index in [1.807, 2.05) is 0 Å². The molecule has 1 aliphatic carbocycles. The van der Waals surface area contributed by atoms with Crippen molar-refractivity contribution in [3.05, 3.63) is 99.0 Å². The molecule has 8 nitrogen and oxygen atoms in total. The number of amides is 2. The summed E-state index contributed by atoms with van der Waals surface area (Å²) in [4.78, 5) is 68.7. The topological polar surface area (TPSA) is 107 Å². The van der Waals surface area contributed by atoms with Crippen molar-refractivity contribution in [1.29, 1.82) is 0 Å². The van der Waals surface area contributed by atoms with E-state index in [9.17, 15) is 24.0 Å². The number of fused-ring (bicyclic) bond motifs is 3. The summed E-state index contributed by atoms with van der Waals surface area (Å²) in [6.07, 6.45) is -1.15. The summed E-state index contributed by atoms with van der Waals surface area (Å²) in [5, 5.41) is 0.114. The minimum atomic E-state index is -2.23. The number of nitrogens with zero attached hydrogens (tertiary/aromatic N) is 1. The van der Waals surface area contributed by atoms with Crippen molar-refractivity contribution in [2.45, 2.75) is 18.6 Å². The number of hydrogen-bond donors (Lipinski definition) is 0. The zero-order chi connectivity index (χ0) is 27.6. The lowest BCUT2D eigenvalue weighted by Gasteiger charge is -2.27. The molecule has 0 aromatic heterocycles. The third kappa shape index (κ3) is 3.45. The Morgan fingerprint density at radius 3 is 2.15 bits per heavy atom. The highest BCUT2D eigenvalue weighted by atomic mass is 35.5. The Hall–Kier alpha value is -3.85. The van der Waals surface area contributed by atoms with Crippen LogP contribution in [0, 0.1) is 11.8 Å². The van der Waals surface area contributed by atoms with Gasteiger partial charge in [0.1, 0.15) is 0 Å². The van der Waals surface area contributed by atoms with Gasteiger partial charge in [-0.2, -0.15) is 0 Å². The Morgan fingerprint density at radius 2 is 1.54 bits per heavy atom. The number of Topliss-reactive ketones (excluding diaryl/α,β-unsaturated/α-hetero) is 2. The van der Waals surface area contributed by atoms with Crippen molar-refractivity contribution >= 4 is 58.2 Å². The molecule has 6 rings (SSSR count). The number of esters is 1. The first-order valence-corrected chi connectivity index (χ1v) is 12.9. The molecule has 39 heavy (non-hydrogen) atoms. The van der Waals surface area contributed by atoms with Gasteiger partial charge in [0.25, 0.3) is 0 Å². The molecule has 2 heterocycles. The molecule has 0 bridgehead atoms. The van der Waals surface area contributed by atoms with E-state index < -0.39 is 52.9 Å². The number of ketones is 2. The molecule has 0 saturated carbocycles. The molecular formula is C29H19Cl2NO7. The Kier molecular flexibility index (Phi) is 5.95. The number of halogens is 2. The summed E-state index contributed by atoms with van der Waals surface area (Å²) in [6.45, 7) is 1.88. The van der Waals surface area contributed by atoms with E-state index in [0.29, 0.717) is 5.56 Å². The Labute approximate surface area is 232 Å². The fourth-order valence-electron chi connectivity index (χ4n) is 5.74. The predicted molar refractivity (Wildman–Crippen MR) is 140 cm³/mol. The molecule has 3 aromatic carbocycles. The normalized spacial score (nSPS) is 22.9. The van der Waals surface area contributed by atoms with Gasteiger partial charge in [-0.15, -0.1) is 0 Å². The van der Waals surface area contributed by atoms with Gasteiger partial charge in [-0.1, -0.05) is 65.7 Å². The number of benzene rings is 3. The van der Waals surface area contributed by atoms with Crippen LogP contribution in [-0.2, 0) is 19.1 Å². The molecule has 10 heteroatoms. The summed E-state index contributed by atoms with van der Waals surface area (Å²) < 4.78 is 11.3. The van der Waals surface area contributed by atoms with E-state index in [1.165, 1.54) is 42.5 Å². The number of carbonyl (C=O) groups is 5. The summed E-state index contributed by atoms with van der Waals surface area (Å²) in [5.41, 5.74) is -1.25. The first-order valence-electron chi connectivity index (χ1n) is 12.2. The molecule has 1 spiro atoms. The van der Waals surface area contributed by atoms with Crippen LogP contribution in [0.3, 0.4) is 0 Å². The monoisotopic (exact) mass is 563 g/mol. The van der Waals surface area contributed by atoms with Crippen LogP contribution in [0.4, 0.5) is 5.69 Å². The van der Waals surface area contributed by atoms with Crippen LogP contribution in [0.1, 0.15) is 49.7 Å². The van der Waals surface area contributed by atoms with Crippen molar-refractivity contribution in [2.75, 3.05) is 11.5 Å². The second-order valence-corrected chi connectivity index (χ2v) is 10.2. The maximum absolute atomic E-state index is 14.0. The van der Waals surface area contributed by atoms with Gasteiger partial charge in [-0.05, 0) is 36.8 Å². The van der Waals surface area contributed by atoms with E-state index in [0.717, 1.165) is 4.90 Å². The van der Waals surface area contributed by atoms with E-state index in [-0.39, 0.29) is 39.0 Å². The van der Waals surface area contributed by atoms with Gasteiger partial charge in [-0.3, -0.25) is 19.2 Å². The average Bonchev–Trinajstić information content (AvgIpc) is 3.50. The van der Waals surface area contributed by atoms with E-state index in [1.54, 1.807) is 31.2 Å². The highest BCUT2D eigenvalue weighted by Gasteiger charge is 2.74. The molecule has 2 saturated heterocycles. The lowest BCUT2D eigenvalue weighted by atomic mass is 9.77. The lowest BCUT2D eigenvalue weighted by molar-refractivity contribution is -0.127. The second-order valence-electron chi connectivity index (χ2n) is 9.41. The number of rotatable bonds is 4. The van der Waals surface area contributed by atoms with Gasteiger partial charge >= 0.3 is 5.97 Å². The largest absolute Gasteiger partial charge is 0.462 e. The van der Waals surface area contributed by atoms with Crippen LogP contribution in [0.15, 0.2) is 66.7 Å². The molecule has 0 radical (unpaired) electrons. The molecule has 0 N–H and O–H groups in total. The zero-order valence-electron chi connectivity index (χ0n) is 20.4. The quantitative estimate of drug-likeness (QED) is 0.253. The fraction of sp³-hybridized carbons (Fsp3) is 0.207. The standard InChI is InChI=1S/C29H19Cl2NO7/c1-2-38-28(37)15-12-10-14(11-13-15)23-20-21(27(36)32(26(20)35)19-9-5-8-18(30)22(19)31)29(39-23)24(33)16-6-3-4-7-17(16)25(29)34/h3-13,20-21,23H,2H2,1H3. The van der Waals surface area contributed by atoms with Crippen LogP contribution in [-0.4, -0.2) is 41.6 Å². The summed E-state index contributed by atoms with van der Waals surface area (Å²) in [6, 6.07) is 16.8. The number of hydrogen-bond acceptors (Lipinski definition) is 7. The third-order valence-electron chi connectivity index (χ3n) is 7.44. The Bertz CT molecular complexity index is 1560. The minimum Gasteiger partial charge on any atom is -0.462 e. The zero-order valence-corrected chi connectivity index (χ0v) is 21.9. The Morgan fingerprint density at radius 1 is 0.897 bits per heavy atom. The molecule has 2 amide bonds. The van der Waals surface area contributed by atoms with Gasteiger partial charge in [-0.25, -0.2) is 9.69 Å². The van der Waals surface area contributed by atoms with Crippen molar-refractivity contribution in [3.63, 3.8) is 0 Å². The summed E-state index contributed by atoms with van der Waals surface area (Å²) in [7, 11) is 0. The fourth-order valence-corrected chi connectivity index (χ4v) is 6.12. The third-order valence-corrected chi connectivity index (χ3v) is 8.25. The van der Waals surface area contributed by atoms with Gasteiger partial charge in [0.15, 0.2) is 0 Å². The predicted octanol–water partition coefficient (Wildman–Crippen LogP) is 4.87. The van der Waals surface area contributed by atoms with E-state index in [4.69, 9.17) is 32.7 Å². The molecule has 3 unspecified atom stereocenters. The number of imide groups is 1. The van der Waals surface area contributed by atoms with Gasteiger partial charge in [0.2, 0.25) is 29.0 Å². The molecule has 3 aliphatic rings. The second kappa shape index (κ2) is 9.12.